The van der Waals surface area contributed by atoms with Gasteiger partial charge in [-0.15, -0.1) is 10.2 Å². The van der Waals surface area contributed by atoms with Gasteiger partial charge in [0.15, 0.2) is 11.0 Å². The standard InChI is InChI=1S/C19H20N4O3S/c1-4-22-18(14-8-10-17(26-3)11-9-14)20-21-19(22)27-13(2)15-6-5-7-16(12-15)23(24)25/h5-13H,4H2,1-3H3/t13-/m0/s1. The molecule has 0 aliphatic heterocycles. The van der Waals surface area contributed by atoms with Crippen molar-refractivity contribution in [3.63, 3.8) is 0 Å². The molecule has 1 aromatic heterocycles. The highest BCUT2D eigenvalue weighted by atomic mass is 32.2. The fourth-order valence-corrected chi connectivity index (χ4v) is 3.76. The number of ether oxygens (including phenoxy) is 1. The number of hydrogen-bond donors (Lipinski definition) is 0. The van der Waals surface area contributed by atoms with Crippen molar-refractivity contribution in [1.82, 2.24) is 14.8 Å². The predicted molar refractivity (Wildman–Crippen MR) is 105 cm³/mol. The summed E-state index contributed by atoms with van der Waals surface area (Å²) in [6, 6.07) is 14.4. The number of methoxy groups -OCH3 is 1. The Labute approximate surface area is 161 Å². The van der Waals surface area contributed by atoms with Gasteiger partial charge in [-0.2, -0.15) is 0 Å². The third-order valence-corrected chi connectivity index (χ3v) is 5.35. The highest BCUT2D eigenvalue weighted by Crippen LogP contribution is 2.36. The van der Waals surface area contributed by atoms with Crippen LogP contribution in [-0.2, 0) is 6.54 Å². The zero-order chi connectivity index (χ0) is 19.4. The Morgan fingerprint density at radius 2 is 1.96 bits per heavy atom. The van der Waals surface area contributed by atoms with Gasteiger partial charge < -0.3 is 9.30 Å². The third-order valence-electron chi connectivity index (χ3n) is 4.21. The van der Waals surface area contributed by atoms with Crippen molar-refractivity contribution in [2.75, 3.05) is 7.11 Å². The monoisotopic (exact) mass is 384 g/mol. The molecule has 1 heterocycles. The highest BCUT2D eigenvalue weighted by molar-refractivity contribution is 7.99. The van der Waals surface area contributed by atoms with Crippen molar-refractivity contribution < 1.29 is 9.66 Å². The van der Waals surface area contributed by atoms with E-state index in [1.54, 1.807) is 19.2 Å². The van der Waals surface area contributed by atoms with E-state index in [4.69, 9.17) is 4.74 Å². The van der Waals surface area contributed by atoms with Crippen molar-refractivity contribution in [3.05, 3.63) is 64.2 Å². The Bertz CT molecular complexity index is 940. The second-order valence-electron chi connectivity index (χ2n) is 5.89. The number of nitro groups is 1. The van der Waals surface area contributed by atoms with Gasteiger partial charge in [-0.1, -0.05) is 23.9 Å². The molecule has 3 rings (SSSR count). The van der Waals surface area contributed by atoms with Crippen LogP contribution in [0.2, 0.25) is 0 Å². The minimum Gasteiger partial charge on any atom is -0.497 e. The van der Waals surface area contributed by atoms with Crippen LogP contribution in [0, 0.1) is 10.1 Å². The van der Waals surface area contributed by atoms with Crippen LogP contribution >= 0.6 is 11.8 Å². The first kappa shape index (κ1) is 18.9. The van der Waals surface area contributed by atoms with Crippen molar-refractivity contribution >= 4 is 17.4 Å². The van der Waals surface area contributed by atoms with Gasteiger partial charge in [-0.25, -0.2) is 0 Å². The zero-order valence-corrected chi connectivity index (χ0v) is 16.1. The molecule has 0 aliphatic carbocycles. The number of nitrogens with zero attached hydrogens (tertiary/aromatic N) is 4. The number of hydrogen-bond acceptors (Lipinski definition) is 6. The van der Waals surface area contributed by atoms with Crippen LogP contribution < -0.4 is 4.74 Å². The summed E-state index contributed by atoms with van der Waals surface area (Å²) < 4.78 is 7.24. The molecular weight excluding hydrogens is 364 g/mol. The number of thioether (sulfide) groups is 1. The molecular formula is C19H20N4O3S. The van der Waals surface area contributed by atoms with Gasteiger partial charge in [-0.05, 0) is 43.7 Å². The van der Waals surface area contributed by atoms with Crippen molar-refractivity contribution in [3.8, 4) is 17.1 Å². The molecule has 27 heavy (non-hydrogen) atoms. The summed E-state index contributed by atoms with van der Waals surface area (Å²) in [6.45, 7) is 4.77. The molecule has 0 radical (unpaired) electrons. The fraction of sp³-hybridized carbons (Fsp3) is 0.263. The van der Waals surface area contributed by atoms with Gasteiger partial charge in [0.05, 0.1) is 12.0 Å². The molecule has 0 N–H and O–H groups in total. The zero-order valence-electron chi connectivity index (χ0n) is 15.3. The van der Waals surface area contributed by atoms with Crippen molar-refractivity contribution in [1.29, 1.82) is 0 Å². The molecule has 0 saturated heterocycles. The Balaban J connectivity index is 1.86. The Morgan fingerprint density at radius 3 is 2.59 bits per heavy atom. The minimum absolute atomic E-state index is 0.00289. The van der Waals surface area contributed by atoms with Gasteiger partial charge >= 0.3 is 0 Å². The first-order chi connectivity index (χ1) is 13.0. The minimum atomic E-state index is -0.378. The van der Waals surface area contributed by atoms with Crippen LogP contribution in [0.25, 0.3) is 11.4 Å². The number of aromatic nitrogens is 3. The van der Waals surface area contributed by atoms with Crippen LogP contribution in [0.4, 0.5) is 5.69 Å². The Kier molecular flexibility index (Phi) is 5.75. The van der Waals surface area contributed by atoms with E-state index in [1.165, 1.54) is 17.8 Å². The average molecular weight is 384 g/mol. The second kappa shape index (κ2) is 8.22. The van der Waals surface area contributed by atoms with Gasteiger partial charge in [0.2, 0.25) is 0 Å². The first-order valence-electron chi connectivity index (χ1n) is 8.52. The smallest absolute Gasteiger partial charge is 0.269 e. The van der Waals surface area contributed by atoms with Crippen LogP contribution in [0.15, 0.2) is 53.7 Å². The van der Waals surface area contributed by atoms with E-state index in [-0.39, 0.29) is 15.9 Å². The molecule has 0 saturated carbocycles. The lowest BCUT2D eigenvalue weighted by Gasteiger charge is -2.12. The number of nitro benzene ring substituents is 1. The van der Waals surface area contributed by atoms with E-state index < -0.39 is 0 Å². The molecule has 0 fully saturated rings. The number of benzene rings is 2. The molecule has 0 aliphatic rings. The maximum Gasteiger partial charge on any atom is 0.269 e. The largest absolute Gasteiger partial charge is 0.497 e. The summed E-state index contributed by atoms with van der Waals surface area (Å²) in [7, 11) is 1.63. The van der Waals surface area contributed by atoms with E-state index in [0.717, 1.165) is 34.4 Å². The summed E-state index contributed by atoms with van der Waals surface area (Å²) in [5, 5.41) is 20.5. The third kappa shape index (κ3) is 4.11. The van der Waals surface area contributed by atoms with E-state index in [2.05, 4.69) is 10.2 Å². The molecule has 3 aromatic rings. The molecule has 8 heteroatoms. The lowest BCUT2D eigenvalue weighted by molar-refractivity contribution is -0.384. The van der Waals surface area contributed by atoms with Crippen LogP contribution in [-0.4, -0.2) is 26.8 Å². The van der Waals surface area contributed by atoms with E-state index in [0.29, 0.717) is 0 Å². The molecule has 2 aromatic carbocycles. The first-order valence-corrected chi connectivity index (χ1v) is 9.40. The van der Waals surface area contributed by atoms with E-state index >= 15 is 0 Å². The van der Waals surface area contributed by atoms with E-state index in [1.807, 2.05) is 48.7 Å². The maximum atomic E-state index is 11.0. The summed E-state index contributed by atoms with van der Waals surface area (Å²) in [5.74, 6) is 1.57. The summed E-state index contributed by atoms with van der Waals surface area (Å²) in [4.78, 5) is 10.6. The number of non-ortho nitro benzene ring substituents is 1. The van der Waals surface area contributed by atoms with Crippen LogP contribution in [0.1, 0.15) is 24.7 Å². The highest BCUT2D eigenvalue weighted by Gasteiger charge is 2.18. The number of rotatable bonds is 7. The van der Waals surface area contributed by atoms with Crippen molar-refractivity contribution in [2.24, 2.45) is 0 Å². The molecule has 0 unspecified atom stereocenters. The molecule has 0 bridgehead atoms. The fourth-order valence-electron chi connectivity index (χ4n) is 2.73. The molecule has 0 amide bonds. The SMILES string of the molecule is CCn1c(S[C@@H](C)c2cccc([N+](=O)[O-])c2)nnc1-c1ccc(OC)cc1. The van der Waals surface area contributed by atoms with E-state index in [9.17, 15) is 10.1 Å². The van der Waals surface area contributed by atoms with Gasteiger partial charge in [0, 0.05) is 29.5 Å². The van der Waals surface area contributed by atoms with Gasteiger partial charge in [0.25, 0.3) is 5.69 Å². The average Bonchev–Trinajstić information content (AvgIpc) is 3.10. The molecule has 1 atom stereocenters. The second-order valence-corrected chi connectivity index (χ2v) is 7.20. The summed E-state index contributed by atoms with van der Waals surface area (Å²) in [6.07, 6.45) is 0. The Hall–Kier alpha value is -2.87. The predicted octanol–water partition coefficient (Wildman–Crippen LogP) is 4.74. The van der Waals surface area contributed by atoms with Crippen LogP contribution in [0.3, 0.4) is 0 Å². The summed E-state index contributed by atoms with van der Waals surface area (Å²) in [5.41, 5.74) is 1.93. The lowest BCUT2D eigenvalue weighted by atomic mass is 10.1. The molecule has 140 valence electrons. The topological polar surface area (TPSA) is 83.1 Å². The molecule has 7 nitrogen and oxygen atoms in total. The summed E-state index contributed by atoms with van der Waals surface area (Å²) >= 11 is 1.53. The lowest BCUT2D eigenvalue weighted by Crippen LogP contribution is -2.01. The van der Waals surface area contributed by atoms with Gasteiger partial charge in [0.1, 0.15) is 5.75 Å². The van der Waals surface area contributed by atoms with Gasteiger partial charge in [-0.3, -0.25) is 10.1 Å². The normalized spacial score (nSPS) is 12.0. The van der Waals surface area contributed by atoms with Crippen molar-refractivity contribution in [2.45, 2.75) is 30.8 Å². The quantitative estimate of drug-likeness (QED) is 0.332. The Morgan fingerprint density at radius 1 is 1.22 bits per heavy atom. The maximum absolute atomic E-state index is 11.0. The molecule has 0 spiro atoms. The van der Waals surface area contributed by atoms with Crippen LogP contribution in [0.5, 0.6) is 5.75 Å².